The van der Waals surface area contributed by atoms with E-state index in [2.05, 4.69) is 23.1 Å². The van der Waals surface area contributed by atoms with Crippen molar-refractivity contribution < 1.29 is 19.0 Å². The SMILES string of the molecule is CCOc1ccc(C2C(C)NNC2NC(=O)Cc2cccc(OC)c2)cc1OCC. The van der Waals surface area contributed by atoms with Gasteiger partial charge >= 0.3 is 0 Å². The second kappa shape index (κ2) is 10.3. The number of hydrogen-bond donors (Lipinski definition) is 3. The first kappa shape index (κ1) is 21.9. The molecule has 3 rings (SSSR count). The van der Waals surface area contributed by atoms with Crippen LogP contribution in [0.4, 0.5) is 0 Å². The molecule has 1 aliphatic heterocycles. The van der Waals surface area contributed by atoms with Gasteiger partial charge in [0.1, 0.15) is 11.9 Å². The first-order valence-electron chi connectivity index (χ1n) is 10.4. The fraction of sp³-hybridized carbons (Fsp3) is 0.435. The highest BCUT2D eigenvalue weighted by Crippen LogP contribution is 2.34. The Labute approximate surface area is 178 Å². The Morgan fingerprint density at radius 3 is 2.53 bits per heavy atom. The number of nitrogens with one attached hydrogen (secondary N) is 3. The Hall–Kier alpha value is -2.77. The molecule has 1 fully saturated rings. The molecule has 1 heterocycles. The van der Waals surface area contributed by atoms with Gasteiger partial charge in [-0.15, -0.1) is 0 Å². The van der Waals surface area contributed by atoms with Crippen LogP contribution in [0.1, 0.15) is 37.8 Å². The van der Waals surface area contributed by atoms with Gasteiger partial charge in [0.2, 0.25) is 5.91 Å². The molecule has 2 aromatic carbocycles. The minimum Gasteiger partial charge on any atom is -0.497 e. The fourth-order valence-corrected chi connectivity index (χ4v) is 3.76. The number of hydrogen-bond acceptors (Lipinski definition) is 6. The second-order valence-corrected chi connectivity index (χ2v) is 7.25. The van der Waals surface area contributed by atoms with Crippen LogP contribution in [0.25, 0.3) is 0 Å². The van der Waals surface area contributed by atoms with Crippen LogP contribution in [0.3, 0.4) is 0 Å². The average molecular weight is 414 g/mol. The highest BCUT2D eigenvalue weighted by atomic mass is 16.5. The summed E-state index contributed by atoms with van der Waals surface area (Å²) in [6.45, 7) is 7.12. The topological polar surface area (TPSA) is 80.9 Å². The van der Waals surface area contributed by atoms with Crippen molar-refractivity contribution in [1.82, 2.24) is 16.2 Å². The number of benzene rings is 2. The summed E-state index contributed by atoms with van der Waals surface area (Å²) in [6.07, 6.45) is 0.0368. The van der Waals surface area contributed by atoms with E-state index in [-0.39, 0.29) is 30.5 Å². The number of hydrazine groups is 1. The summed E-state index contributed by atoms with van der Waals surface area (Å²) in [5, 5.41) is 3.11. The van der Waals surface area contributed by atoms with Crippen molar-refractivity contribution in [2.24, 2.45) is 0 Å². The lowest BCUT2D eigenvalue weighted by molar-refractivity contribution is -0.121. The highest BCUT2D eigenvalue weighted by molar-refractivity contribution is 5.79. The predicted molar refractivity (Wildman–Crippen MR) is 116 cm³/mol. The molecule has 0 aromatic heterocycles. The molecule has 1 saturated heterocycles. The van der Waals surface area contributed by atoms with Crippen LogP contribution in [0.2, 0.25) is 0 Å². The Kier molecular flexibility index (Phi) is 7.54. The Balaban J connectivity index is 1.74. The smallest absolute Gasteiger partial charge is 0.225 e. The van der Waals surface area contributed by atoms with E-state index in [0.29, 0.717) is 13.2 Å². The Morgan fingerprint density at radius 2 is 1.80 bits per heavy atom. The fourth-order valence-electron chi connectivity index (χ4n) is 3.76. The summed E-state index contributed by atoms with van der Waals surface area (Å²) >= 11 is 0. The summed E-state index contributed by atoms with van der Waals surface area (Å²) < 4.78 is 16.7. The summed E-state index contributed by atoms with van der Waals surface area (Å²) in [5.41, 5.74) is 8.42. The van der Waals surface area contributed by atoms with E-state index in [1.165, 1.54) is 0 Å². The van der Waals surface area contributed by atoms with Gasteiger partial charge in [-0.25, -0.2) is 5.43 Å². The summed E-state index contributed by atoms with van der Waals surface area (Å²) in [7, 11) is 1.62. The third-order valence-electron chi connectivity index (χ3n) is 5.13. The minimum absolute atomic E-state index is 0.0362. The standard InChI is InChI=1S/C23H31N3O4/c1-5-29-19-11-10-17(14-20(19)30-6-2)22-15(3)25-26-23(22)24-21(27)13-16-8-7-9-18(12-16)28-4/h7-12,14-15,22-23,25-26H,5-6,13H2,1-4H3,(H,24,27). The molecule has 0 spiro atoms. The van der Waals surface area contributed by atoms with E-state index in [4.69, 9.17) is 14.2 Å². The zero-order chi connectivity index (χ0) is 21.5. The molecule has 30 heavy (non-hydrogen) atoms. The molecule has 7 heteroatoms. The molecule has 0 aliphatic carbocycles. The molecule has 0 radical (unpaired) electrons. The number of carbonyl (C=O) groups excluding carboxylic acids is 1. The average Bonchev–Trinajstić information content (AvgIpc) is 3.09. The summed E-state index contributed by atoms with van der Waals surface area (Å²) in [4.78, 5) is 12.7. The molecule has 0 saturated carbocycles. The number of carbonyl (C=O) groups is 1. The van der Waals surface area contributed by atoms with Crippen molar-refractivity contribution in [2.75, 3.05) is 20.3 Å². The van der Waals surface area contributed by atoms with Crippen molar-refractivity contribution in [3.8, 4) is 17.2 Å². The monoisotopic (exact) mass is 413 g/mol. The third kappa shape index (κ3) is 5.23. The summed E-state index contributed by atoms with van der Waals surface area (Å²) in [5.74, 6) is 2.17. The van der Waals surface area contributed by atoms with Gasteiger partial charge < -0.3 is 19.5 Å². The van der Waals surface area contributed by atoms with Gasteiger partial charge in [-0.05, 0) is 56.2 Å². The quantitative estimate of drug-likeness (QED) is 0.587. The van der Waals surface area contributed by atoms with Gasteiger partial charge in [-0.1, -0.05) is 18.2 Å². The van der Waals surface area contributed by atoms with E-state index in [0.717, 1.165) is 28.4 Å². The molecule has 162 valence electrons. The van der Waals surface area contributed by atoms with Crippen LogP contribution < -0.4 is 30.4 Å². The number of amides is 1. The highest BCUT2D eigenvalue weighted by Gasteiger charge is 2.35. The van der Waals surface area contributed by atoms with Gasteiger partial charge in [-0.2, -0.15) is 0 Å². The van der Waals surface area contributed by atoms with Crippen LogP contribution in [-0.4, -0.2) is 38.4 Å². The number of ether oxygens (including phenoxy) is 3. The van der Waals surface area contributed by atoms with Crippen molar-refractivity contribution in [2.45, 2.75) is 45.3 Å². The van der Waals surface area contributed by atoms with Crippen LogP contribution in [0.5, 0.6) is 17.2 Å². The van der Waals surface area contributed by atoms with Crippen molar-refractivity contribution in [3.05, 3.63) is 53.6 Å². The zero-order valence-corrected chi connectivity index (χ0v) is 18.0. The van der Waals surface area contributed by atoms with E-state index < -0.39 is 0 Å². The molecule has 3 N–H and O–H groups in total. The molecule has 3 atom stereocenters. The van der Waals surface area contributed by atoms with E-state index >= 15 is 0 Å². The van der Waals surface area contributed by atoms with Crippen LogP contribution in [0, 0.1) is 0 Å². The van der Waals surface area contributed by atoms with E-state index in [9.17, 15) is 4.79 Å². The second-order valence-electron chi connectivity index (χ2n) is 7.25. The lowest BCUT2D eigenvalue weighted by atomic mass is 9.91. The Morgan fingerprint density at radius 1 is 1.03 bits per heavy atom. The molecular formula is C23H31N3O4. The molecule has 0 bridgehead atoms. The normalized spacial score (nSPS) is 20.6. The van der Waals surface area contributed by atoms with Crippen molar-refractivity contribution >= 4 is 5.91 Å². The van der Waals surface area contributed by atoms with Crippen LogP contribution in [-0.2, 0) is 11.2 Å². The first-order chi connectivity index (χ1) is 14.5. The third-order valence-corrected chi connectivity index (χ3v) is 5.13. The van der Waals surface area contributed by atoms with E-state index in [1.807, 2.05) is 56.3 Å². The molecule has 3 unspecified atom stereocenters. The van der Waals surface area contributed by atoms with Crippen LogP contribution >= 0.6 is 0 Å². The lowest BCUT2D eigenvalue weighted by Gasteiger charge is -2.24. The maximum atomic E-state index is 12.7. The van der Waals surface area contributed by atoms with Gasteiger partial charge in [0, 0.05) is 12.0 Å². The number of rotatable bonds is 9. The Bertz CT molecular complexity index is 858. The van der Waals surface area contributed by atoms with Crippen molar-refractivity contribution in [3.63, 3.8) is 0 Å². The number of methoxy groups -OCH3 is 1. The maximum absolute atomic E-state index is 12.7. The molecule has 7 nitrogen and oxygen atoms in total. The van der Waals surface area contributed by atoms with Gasteiger partial charge in [0.25, 0.3) is 0 Å². The largest absolute Gasteiger partial charge is 0.497 e. The zero-order valence-electron chi connectivity index (χ0n) is 18.0. The predicted octanol–water partition coefficient (Wildman–Crippen LogP) is 2.76. The van der Waals surface area contributed by atoms with Crippen LogP contribution in [0.15, 0.2) is 42.5 Å². The minimum atomic E-state index is -0.245. The maximum Gasteiger partial charge on any atom is 0.225 e. The molecule has 1 aliphatic rings. The van der Waals surface area contributed by atoms with Gasteiger partial charge in [-0.3, -0.25) is 10.2 Å². The van der Waals surface area contributed by atoms with Gasteiger partial charge in [0.05, 0.1) is 26.7 Å². The van der Waals surface area contributed by atoms with E-state index in [1.54, 1.807) is 7.11 Å². The molecule has 2 aromatic rings. The summed E-state index contributed by atoms with van der Waals surface area (Å²) in [6, 6.07) is 13.6. The first-order valence-corrected chi connectivity index (χ1v) is 10.4. The van der Waals surface area contributed by atoms with Crippen molar-refractivity contribution in [1.29, 1.82) is 0 Å². The molecular weight excluding hydrogens is 382 g/mol. The van der Waals surface area contributed by atoms with Gasteiger partial charge in [0.15, 0.2) is 11.5 Å². The lowest BCUT2D eigenvalue weighted by Crippen LogP contribution is -2.46. The molecule has 1 amide bonds.